The quantitative estimate of drug-likeness (QED) is 0.690. The van der Waals surface area contributed by atoms with Crippen molar-refractivity contribution >= 4 is 15.9 Å². The Bertz CT molecular complexity index is 1190. The highest BCUT2D eigenvalue weighted by molar-refractivity contribution is 7.88. The predicted octanol–water partition coefficient (Wildman–Crippen LogP) is 3.63. The summed E-state index contributed by atoms with van der Waals surface area (Å²) in [5.74, 6) is -2.19. The minimum absolute atomic E-state index is 0.00668. The van der Waals surface area contributed by atoms with Crippen LogP contribution in [0.5, 0.6) is 0 Å². The van der Waals surface area contributed by atoms with E-state index < -0.39 is 39.6 Å². The monoisotopic (exact) mass is 478 g/mol. The second-order valence-corrected chi connectivity index (χ2v) is 11.3. The van der Waals surface area contributed by atoms with Crippen LogP contribution in [-0.2, 0) is 21.2 Å². The fourth-order valence-electron chi connectivity index (χ4n) is 5.34. The summed E-state index contributed by atoms with van der Waals surface area (Å²) in [5, 5.41) is 0. The molecule has 33 heavy (non-hydrogen) atoms. The maximum atomic E-state index is 15.6. The molecule has 2 aliphatic carbocycles. The molecule has 6 rings (SSSR count). The molecule has 176 valence electrons. The maximum Gasteiger partial charge on any atom is 0.226 e. The van der Waals surface area contributed by atoms with Crippen molar-refractivity contribution in [1.82, 2.24) is 9.62 Å². The molecule has 1 amide bonds. The Kier molecular flexibility index (Phi) is 5.52. The fraction of sp³-hybridized carbons (Fsp3) is 0.458. The van der Waals surface area contributed by atoms with Crippen molar-refractivity contribution in [2.75, 3.05) is 6.26 Å². The van der Waals surface area contributed by atoms with E-state index in [0.717, 1.165) is 50.1 Å². The zero-order valence-electron chi connectivity index (χ0n) is 18.1. The highest BCUT2D eigenvalue weighted by atomic mass is 32.2. The van der Waals surface area contributed by atoms with Gasteiger partial charge in [0.1, 0.15) is 17.5 Å². The zero-order valence-corrected chi connectivity index (χ0v) is 18.9. The van der Waals surface area contributed by atoms with Gasteiger partial charge in [0.2, 0.25) is 15.9 Å². The van der Waals surface area contributed by atoms with E-state index in [1.807, 2.05) is 0 Å². The molecule has 4 fully saturated rings. The molecular weight excluding hydrogens is 453 g/mol. The van der Waals surface area contributed by atoms with Crippen LogP contribution in [0.4, 0.5) is 13.2 Å². The van der Waals surface area contributed by atoms with Crippen LogP contribution in [0.3, 0.4) is 0 Å². The van der Waals surface area contributed by atoms with Crippen molar-refractivity contribution in [1.29, 1.82) is 0 Å². The second kappa shape index (κ2) is 8.13. The van der Waals surface area contributed by atoms with Gasteiger partial charge in [-0.1, -0.05) is 18.2 Å². The van der Waals surface area contributed by atoms with E-state index in [0.29, 0.717) is 0 Å². The number of amides is 1. The molecule has 0 aromatic heterocycles. The van der Waals surface area contributed by atoms with Crippen LogP contribution >= 0.6 is 0 Å². The van der Waals surface area contributed by atoms with Gasteiger partial charge in [0.05, 0.1) is 12.3 Å². The third-order valence-corrected chi connectivity index (χ3v) is 7.74. The first kappa shape index (κ1) is 22.4. The Balaban J connectivity index is 1.51. The van der Waals surface area contributed by atoms with Gasteiger partial charge in [-0.15, -0.1) is 0 Å². The summed E-state index contributed by atoms with van der Waals surface area (Å²) in [5.41, 5.74) is 0.409. The molecule has 2 saturated carbocycles. The summed E-state index contributed by atoms with van der Waals surface area (Å²) in [4.78, 5) is 14.9. The molecular formula is C24H25F3N2O3S. The van der Waals surface area contributed by atoms with Crippen LogP contribution in [0.2, 0.25) is 0 Å². The summed E-state index contributed by atoms with van der Waals surface area (Å²) in [6.07, 6.45) is 4.28. The smallest absolute Gasteiger partial charge is 0.226 e. The highest BCUT2D eigenvalue weighted by Crippen LogP contribution is 2.47. The van der Waals surface area contributed by atoms with Gasteiger partial charge in [0.15, 0.2) is 0 Å². The van der Waals surface area contributed by atoms with E-state index in [2.05, 4.69) is 4.72 Å². The first-order chi connectivity index (χ1) is 15.6. The van der Waals surface area contributed by atoms with Crippen molar-refractivity contribution in [3.63, 3.8) is 0 Å². The average molecular weight is 479 g/mol. The molecule has 2 aromatic carbocycles. The molecule has 2 saturated heterocycles. The summed E-state index contributed by atoms with van der Waals surface area (Å²) in [6, 6.07) is 6.48. The van der Waals surface area contributed by atoms with Gasteiger partial charge in [0, 0.05) is 29.6 Å². The van der Waals surface area contributed by atoms with Gasteiger partial charge in [-0.2, -0.15) is 0 Å². The van der Waals surface area contributed by atoms with Crippen molar-refractivity contribution in [2.45, 2.75) is 50.2 Å². The van der Waals surface area contributed by atoms with E-state index in [1.165, 1.54) is 6.07 Å². The number of nitrogens with zero attached hydrogens (tertiary/aromatic N) is 1. The van der Waals surface area contributed by atoms with Crippen molar-refractivity contribution in [3.05, 3.63) is 59.4 Å². The topological polar surface area (TPSA) is 66.5 Å². The minimum Gasteiger partial charge on any atom is -0.335 e. The van der Waals surface area contributed by atoms with Gasteiger partial charge < -0.3 is 4.90 Å². The van der Waals surface area contributed by atoms with Gasteiger partial charge >= 0.3 is 0 Å². The summed E-state index contributed by atoms with van der Waals surface area (Å²) < 4.78 is 69.9. The van der Waals surface area contributed by atoms with Crippen molar-refractivity contribution in [2.24, 2.45) is 11.8 Å². The molecule has 0 radical (unpaired) electrons. The van der Waals surface area contributed by atoms with Gasteiger partial charge in [0.25, 0.3) is 0 Å². The Morgan fingerprint density at radius 3 is 2.36 bits per heavy atom. The Morgan fingerprint density at radius 2 is 1.76 bits per heavy atom. The normalized spacial score (nSPS) is 26.7. The lowest BCUT2D eigenvalue weighted by molar-refractivity contribution is -0.150. The predicted molar refractivity (Wildman–Crippen MR) is 117 cm³/mol. The number of fused-ring (bicyclic) bond motifs is 2. The largest absolute Gasteiger partial charge is 0.335 e. The Hall–Kier alpha value is -2.39. The molecule has 2 bridgehead atoms. The molecule has 2 aromatic rings. The molecule has 2 atom stereocenters. The second-order valence-electron chi connectivity index (χ2n) is 9.53. The minimum atomic E-state index is -3.55. The average Bonchev–Trinajstić information content (AvgIpc) is 3.52. The number of piperidine rings is 2. The molecule has 0 spiro atoms. The number of carbonyl (C=O) groups is 1. The van der Waals surface area contributed by atoms with E-state index in [9.17, 15) is 22.0 Å². The van der Waals surface area contributed by atoms with E-state index in [-0.39, 0.29) is 46.9 Å². The maximum absolute atomic E-state index is 15.6. The van der Waals surface area contributed by atoms with Crippen LogP contribution in [0.25, 0.3) is 11.1 Å². The first-order valence-corrected chi connectivity index (χ1v) is 13.0. The van der Waals surface area contributed by atoms with Crippen LogP contribution in [0.15, 0.2) is 36.4 Å². The summed E-state index contributed by atoms with van der Waals surface area (Å²) >= 11 is 0. The lowest BCUT2D eigenvalue weighted by atomic mass is 9.66. The number of halogens is 3. The molecule has 2 aliphatic heterocycles. The van der Waals surface area contributed by atoms with Crippen molar-refractivity contribution in [3.8, 4) is 11.1 Å². The molecule has 1 N–H and O–H groups in total. The zero-order chi connectivity index (χ0) is 23.5. The van der Waals surface area contributed by atoms with Crippen LogP contribution in [0, 0.1) is 29.3 Å². The number of rotatable bonds is 6. The van der Waals surface area contributed by atoms with Crippen molar-refractivity contribution < 1.29 is 26.4 Å². The SMILES string of the molecule is CS(=O)(=O)N[C@H]1C2CC(C2)N(C(=O)C2CC2)[C@H]1Cc1cccc(-c2cc(F)cc(F)c2)c1F. The standard InChI is InChI=1S/C24H25F3N2O3S/c1-33(31,32)28-23-16-9-19(10-16)29(24(30)13-5-6-13)21(23)11-14-3-2-4-20(22(14)27)15-7-17(25)12-18(26)8-15/h2-4,7-8,12-13,16,19,21,23,28H,5-6,9-11H2,1H3/t16?,19?,21-,23-/m0/s1. The number of benzene rings is 2. The Labute approximate surface area is 191 Å². The number of sulfonamides is 1. The summed E-state index contributed by atoms with van der Waals surface area (Å²) in [6.45, 7) is 0. The number of hydrogen-bond donors (Lipinski definition) is 1. The van der Waals surface area contributed by atoms with Gasteiger partial charge in [-0.05, 0) is 61.3 Å². The summed E-state index contributed by atoms with van der Waals surface area (Å²) in [7, 11) is -3.55. The third kappa shape index (κ3) is 4.40. The molecule has 2 heterocycles. The van der Waals surface area contributed by atoms with Gasteiger partial charge in [-0.3, -0.25) is 4.79 Å². The third-order valence-electron chi connectivity index (χ3n) is 7.04. The molecule has 5 nitrogen and oxygen atoms in total. The first-order valence-electron chi connectivity index (χ1n) is 11.1. The van der Waals surface area contributed by atoms with Crippen LogP contribution < -0.4 is 4.72 Å². The molecule has 9 heteroatoms. The lowest BCUT2D eigenvalue weighted by Crippen LogP contribution is -2.70. The van der Waals surface area contributed by atoms with E-state index in [4.69, 9.17) is 0 Å². The van der Waals surface area contributed by atoms with E-state index in [1.54, 1.807) is 17.0 Å². The highest BCUT2D eigenvalue weighted by Gasteiger charge is 2.54. The number of nitrogens with one attached hydrogen (secondary N) is 1. The number of carbonyl (C=O) groups excluding carboxylic acids is 1. The fourth-order valence-corrected chi connectivity index (χ4v) is 6.18. The lowest BCUT2D eigenvalue weighted by Gasteiger charge is -2.58. The van der Waals surface area contributed by atoms with Gasteiger partial charge in [-0.25, -0.2) is 26.3 Å². The Morgan fingerprint density at radius 1 is 1.09 bits per heavy atom. The van der Waals surface area contributed by atoms with E-state index >= 15 is 4.39 Å². The van der Waals surface area contributed by atoms with Crippen LogP contribution in [-0.4, -0.2) is 43.6 Å². The van der Waals surface area contributed by atoms with Crippen LogP contribution in [0.1, 0.15) is 31.2 Å². The molecule has 0 unspecified atom stereocenters. The number of hydrogen-bond acceptors (Lipinski definition) is 3. The molecule has 4 aliphatic rings.